The van der Waals surface area contributed by atoms with Crippen LogP contribution in [0.15, 0.2) is 78.9 Å². The standard InChI is InChI=1S/C27H30N2OS/c1-20-17-21(2)19-25(18-20)28-26(31)29-15-13-24(14-16-29)27(30,22-9-5-3-6-10-22)23-11-7-4-8-12-23/h3-12,17-19,24,30H,13-16H2,1-2H3,(H,28,31). The predicted octanol–water partition coefficient (Wildman–Crippen LogP) is 5.65. The summed E-state index contributed by atoms with van der Waals surface area (Å²) in [7, 11) is 0. The Kier molecular flexibility index (Phi) is 6.40. The first-order chi connectivity index (χ1) is 15.0. The van der Waals surface area contributed by atoms with E-state index in [1.54, 1.807) is 0 Å². The Balaban J connectivity index is 1.50. The second-order valence-corrected chi connectivity index (χ2v) is 8.95. The van der Waals surface area contributed by atoms with E-state index in [2.05, 4.69) is 42.3 Å². The van der Waals surface area contributed by atoms with Gasteiger partial charge in [0.15, 0.2) is 5.11 Å². The number of anilines is 1. The van der Waals surface area contributed by atoms with E-state index < -0.39 is 5.60 Å². The van der Waals surface area contributed by atoms with Gasteiger partial charge in [0.2, 0.25) is 0 Å². The number of nitrogens with one attached hydrogen (secondary N) is 1. The average Bonchev–Trinajstić information content (AvgIpc) is 2.79. The van der Waals surface area contributed by atoms with Crippen LogP contribution in [-0.2, 0) is 5.60 Å². The Labute approximate surface area is 190 Å². The molecule has 1 aliphatic heterocycles. The molecule has 0 spiro atoms. The molecule has 3 aromatic rings. The van der Waals surface area contributed by atoms with Crippen molar-refractivity contribution in [3.05, 3.63) is 101 Å². The average molecular weight is 431 g/mol. The van der Waals surface area contributed by atoms with Gasteiger partial charge in [0.1, 0.15) is 5.60 Å². The van der Waals surface area contributed by atoms with Crippen molar-refractivity contribution >= 4 is 23.0 Å². The van der Waals surface area contributed by atoms with E-state index in [1.807, 2.05) is 60.7 Å². The zero-order valence-corrected chi connectivity index (χ0v) is 19.0. The topological polar surface area (TPSA) is 35.5 Å². The zero-order valence-electron chi connectivity index (χ0n) is 18.2. The van der Waals surface area contributed by atoms with E-state index in [0.29, 0.717) is 0 Å². The van der Waals surface area contributed by atoms with Gasteiger partial charge in [-0.15, -0.1) is 0 Å². The lowest BCUT2D eigenvalue weighted by Crippen LogP contribution is -2.47. The van der Waals surface area contributed by atoms with Crippen LogP contribution >= 0.6 is 12.2 Å². The number of nitrogens with zero attached hydrogens (tertiary/aromatic N) is 1. The largest absolute Gasteiger partial charge is 0.380 e. The van der Waals surface area contributed by atoms with Crippen LogP contribution in [0.5, 0.6) is 0 Å². The fraction of sp³-hybridized carbons (Fsp3) is 0.296. The van der Waals surface area contributed by atoms with Crippen molar-refractivity contribution in [2.45, 2.75) is 32.3 Å². The monoisotopic (exact) mass is 430 g/mol. The van der Waals surface area contributed by atoms with Gasteiger partial charge in [0.25, 0.3) is 0 Å². The van der Waals surface area contributed by atoms with Crippen LogP contribution in [0.25, 0.3) is 0 Å². The third kappa shape index (κ3) is 4.65. The van der Waals surface area contributed by atoms with Gasteiger partial charge in [0.05, 0.1) is 0 Å². The smallest absolute Gasteiger partial charge is 0.173 e. The lowest BCUT2D eigenvalue weighted by Gasteiger charge is -2.43. The summed E-state index contributed by atoms with van der Waals surface area (Å²) in [4.78, 5) is 2.22. The molecule has 1 heterocycles. The van der Waals surface area contributed by atoms with Crippen molar-refractivity contribution in [2.24, 2.45) is 5.92 Å². The number of thiocarbonyl (C=S) groups is 1. The van der Waals surface area contributed by atoms with Gasteiger partial charge in [-0.2, -0.15) is 0 Å². The van der Waals surface area contributed by atoms with Crippen LogP contribution in [0.3, 0.4) is 0 Å². The number of aliphatic hydroxyl groups is 1. The molecule has 0 amide bonds. The first-order valence-electron chi connectivity index (χ1n) is 10.9. The highest BCUT2D eigenvalue weighted by Gasteiger charge is 2.41. The summed E-state index contributed by atoms with van der Waals surface area (Å²) in [5.41, 5.74) is 4.39. The first kappa shape index (κ1) is 21.5. The summed E-state index contributed by atoms with van der Waals surface area (Å²) in [6.07, 6.45) is 1.74. The van der Waals surface area contributed by atoms with Gasteiger partial charge < -0.3 is 15.3 Å². The molecule has 0 atom stereocenters. The molecular weight excluding hydrogens is 400 g/mol. The molecule has 0 aromatic heterocycles. The van der Waals surface area contributed by atoms with Gasteiger partial charge in [-0.25, -0.2) is 0 Å². The molecule has 4 heteroatoms. The van der Waals surface area contributed by atoms with Gasteiger partial charge >= 0.3 is 0 Å². The van der Waals surface area contributed by atoms with Gasteiger partial charge in [-0.05, 0) is 79.2 Å². The quantitative estimate of drug-likeness (QED) is 0.525. The Hall–Kier alpha value is -2.69. The highest BCUT2D eigenvalue weighted by atomic mass is 32.1. The van der Waals surface area contributed by atoms with E-state index in [-0.39, 0.29) is 5.92 Å². The molecule has 1 saturated heterocycles. The van der Waals surface area contributed by atoms with Crippen molar-refractivity contribution in [3.8, 4) is 0 Å². The number of piperidine rings is 1. The number of hydrogen-bond acceptors (Lipinski definition) is 2. The van der Waals surface area contributed by atoms with Crippen LogP contribution < -0.4 is 5.32 Å². The molecule has 3 nitrogen and oxygen atoms in total. The third-order valence-electron chi connectivity index (χ3n) is 6.27. The van der Waals surface area contributed by atoms with Gasteiger partial charge in [-0.3, -0.25) is 0 Å². The number of hydrogen-bond donors (Lipinski definition) is 2. The molecule has 4 rings (SSSR count). The minimum absolute atomic E-state index is 0.123. The number of likely N-dealkylation sites (tertiary alicyclic amines) is 1. The fourth-order valence-corrected chi connectivity index (χ4v) is 5.07. The summed E-state index contributed by atoms with van der Waals surface area (Å²) in [5, 5.41) is 16.2. The van der Waals surface area contributed by atoms with Crippen LogP contribution in [0, 0.1) is 19.8 Å². The maximum absolute atomic E-state index is 12.0. The lowest BCUT2D eigenvalue weighted by molar-refractivity contribution is -0.00631. The molecule has 1 fully saturated rings. The molecule has 1 aliphatic rings. The summed E-state index contributed by atoms with van der Waals surface area (Å²) >= 11 is 5.71. The molecule has 0 radical (unpaired) electrons. The number of aryl methyl sites for hydroxylation is 2. The molecular formula is C27H30N2OS. The summed E-state index contributed by atoms with van der Waals surface area (Å²) in [5.74, 6) is 0.123. The molecule has 160 valence electrons. The van der Waals surface area contributed by atoms with Crippen molar-refractivity contribution in [2.75, 3.05) is 18.4 Å². The van der Waals surface area contributed by atoms with Gasteiger partial charge in [0, 0.05) is 18.8 Å². The molecule has 0 unspecified atom stereocenters. The second kappa shape index (κ2) is 9.21. The molecule has 31 heavy (non-hydrogen) atoms. The zero-order chi connectivity index (χ0) is 21.8. The van der Waals surface area contributed by atoms with Crippen molar-refractivity contribution in [1.29, 1.82) is 0 Å². The van der Waals surface area contributed by atoms with Crippen LogP contribution in [0.4, 0.5) is 5.69 Å². The number of rotatable bonds is 4. The normalized spacial score (nSPS) is 15.0. The highest BCUT2D eigenvalue weighted by molar-refractivity contribution is 7.80. The Morgan fingerprint density at radius 2 is 1.35 bits per heavy atom. The minimum Gasteiger partial charge on any atom is -0.380 e. The van der Waals surface area contributed by atoms with Crippen LogP contribution in [-0.4, -0.2) is 28.2 Å². The lowest BCUT2D eigenvalue weighted by atomic mass is 9.72. The molecule has 3 aromatic carbocycles. The van der Waals surface area contributed by atoms with E-state index in [9.17, 15) is 5.11 Å². The summed E-state index contributed by atoms with van der Waals surface area (Å²) in [6, 6.07) is 26.5. The molecule has 0 bridgehead atoms. The summed E-state index contributed by atoms with van der Waals surface area (Å²) in [6.45, 7) is 5.84. The maximum Gasteiger partial charge on any atom is 0.173 e. The first-order valence-corrected chi connectivity index (χ1v) is 11.4. The van der Waals surface area contributed by atoms with E-state index in [4.69, 9.17) is 12.2 Å². The summed E-state index contributed by atoms with van der Waals surface area (Å²) < 4.78 is 0. The fourth-order valence-electron chi connectivity index (χ4n) is 4.77. The minimum atomic E-state index is -1.00. The van der Waals surface area contributed by atoms with Crippen LogP contribution in [0.2, 0.25) is 0 Å². The second-order valence-electron chi connectivity index (χ2n) is 8.57. The Bertz CT molecular complexity index is 968. The SMILES string of the molecule is Cc1cc(C)cc(NC(=S)N2CCC(C(O)(c3ccccc3)c3ccccc3)CC2)c1. The van der Waals surface area contributed by atoms with Crippen molar-refractivity contribution in [1.82, 2.24) is 4.90 Å². The van der Waals surface area contributed by atoms with E-state index >= 15 is 0 Å². The Morgan fingerprint density at radius 3 is 1.84 bits per heavy atom. The van der Waals surface area contributed by atoms with Crippen LogP contribution in [0.1, 0.15) is 35.1 Å². The highest BCUT2D eigenvalue weighted by Crippen LogP contribution is 2.41. The van der Waals surface area contributed by atoms with Gasteiger partial charge in [-0.1, -0.05) is 66.7 Å². The van der Waals surface area contributed by atoms with Crippen molar-refractivity contribution in [3.63, 3.8) is 0 Å². The van der Waals surface area contributed by atoms with E-state index in [1.165, 1.54) is 11.1 Å². The predicted molar refractivity (Wildman–Crippen MR) is 132 cm³/mol. The van der Waals surface area contributed by atoms with Crippen molar-refractivity contribution < 1.29 is 5.11 Å². The number of benzene rings is 3. The third-order valence-corrected chi connectivity index (χ3v) is 6.63. The maximum atomic E-state index is 12.0. The molecule has 2 N–H and O–H groups in total. The molecule has 0 aliphatic carbocycles. The Morgan fingerprint density at radius 1 is 0.871 bits per heavy atom. The van der Waals surface area contributed by atoms with E-state index in [0.717, 1.165) is 47.9 Å². The molecule has 0 saturated carbocycles.